The molecule has 0 aromatic heterocycles. The summed E-state index contributed by atoms with van der Waals surface area (Å²) in [7, 11) is 0. The summed E-state index contributed by atoms with van der Waals surface area (Å²) in [4.78, 5) is 17.6. The van der Waals surface area contributed by atoms with Crippen LogP contribution in [0, 0.1) is 12.3 Å². The first kappa shape index (κ1) is 18.4. The number of aliphatic hydroxyl groups is 1. The molecule has 2 fully saturated rings. The zero-order valence-electron chi connectivity index (χ0n) is 15.2. The SMILES string of the molecule is Cc1cccc(CN2CCCC3(CCN(CCOCCO)C3)C2=O)c1. The minimum atomic E-state index is -0.195. The Hall–Kier alpha value is -1.43. The molecule has 5 heteroatoms. The minimum absolute atomic E-state index is 0.0658. The van der Waals surface area contributed by atoms with Crippen molar-refractivity contribution in [2.45, 2.75) is 32.7 Å². The minimum Gasteiger partial charge on any atom is -0.394 e. The summed E-state index contributed by atoms with van der Waals surface area (Å²) in [6.07, 6.45) is 3.05. The van der Waals surface area contributed by atoms with Gasteiger partial charge in [-0.3, -0.25) is 9.69 Å². The quantitative estimate of drug-likeness (QED) is 0.765. The van der Waals surface area contributed by atoms with Crippen LogP contribution in [0.2, 0.25) is 0 Å². The molecule has 0 saturated carbocycles. The fourth-order valence-corrected chi connectivity index (χ4v) is 4.22. The Kier molecular flexibility index (Phi) is 6.10. The van der Waals surface area contributed by atoms with E-state index >= 15 is 0 Å². The van der Waals surface area contributed by atoms with E-state index in [1.165, 1.54) is 11.1 Å². The number of aryl methyl sites for hydroxylation is 1. The van der Waals surface area contributed by atoms with Crippen LogP contribution >= 0.6 is 0 Å². The highest BCUT2D eigenvalue weighted by Crippen LogP contribution is 2.40. The Morgan fingerprint density at radius 1 is 1.24 bits per heavy atom. The van der Waals surface area contributed by atoms with Crippen molar-refractivity contribution in [1.29, 1.82) is 0 Å². The highest BCUT2D eigenvalue weighted by Gasteiger charge is 2.47. The van der Waals surface area contributed by atoms with E-state index in [9.17, 15) is 4.79 Å². The van der Waals surface area contributed by atoms with Crippen molar-refractivity contribution in [3.8, 4) is 0 Å². The van der Waals surface area contributed by atoms with Gasteiger partial charge in [0.15, 0.2) is 0 Å². The van der Waals surface area contributed by atoms with Crippen LogP contribution in [0.5, 0.6) is 0 Å². The van der Waals surface area contributed by atoms with Crippen molar-refractivity contribution in [2.24, 2.45) is 5.41 Å². The third-order valence-corrected chi connectivity index (χ3v) is 5.50. The fraction of sp³-hybridized carbons (Fsp3) is 0.650. The molecule has 1 aromatic rings. The van der Waals surface area contributed by atoms with Gasteiger partial charge in [0, 0.05) is 26.2 Å². The number of likely N-dealkylation sites (tertiary alicyclic amines) is 2. The summed E-state index contributed by atoms with van der Waals surface area (Å²) in [6.45, 7) is 7.42. The number of aliphatic hydroxyl groups excluding tert-OH is 1. The average molecular weight is 346 g/mol. The number of hydrogen-bond acceptors (Lipinski definition) is 4. The second-order valence-corrected chi connectivity index (χ2v) is 7.46. The molecule has 0 aliphatic carbocycles. The number of rotatable bonds is 7. The number of piperidine rings is 1. The predicted molar refractivity (Wildman–Crippen MR) is 97.2 cm³/mol. The summed E-state index contributed by atoms with van der Waals surface area (Å²) in [5.74, 6) is 0.332. The molecule has 0 radical (unpaired) electrons. The third-order valence-electron chi connectivity index (χ3n) is 5.50. The van der Waals surface area contributed by atoms with Gasteiger partial charge in [0.05, 0.1) is 25.2 Å². The van der Waals surface area contributed by atoms with E-state index in [0.717, 1.165) is 52.0 Å². The molecule has 1 N–H and O–H groups in total. The first-order valence-electron chi connectivity index (χ1n) is 9.39. The Morgan fingerprint density at radius 2 is 2.12 bits per heavy atom. The smallest absolute Gasteiger partial charge is 0.230 e. The zero-order valence-corrected chi connectivity index (χ0v) is 15.2. The molecular weight excluding hydrogens is 316 g/mol. The van der Waals surface area contributed by atoms with Crippen LogP contribution in [-0.2, 0) is 16.1 Å². The van der Waals surface area contributed by atoms with Gasteiger partial charge in [0.1, 0.15) is 0 Å². The lowest BCUT2D eigenvalue weighted by Crippen LogP contribution is -2.49. The molecule has 1 amide bonds. The van der Waals surface area contributed by atoms with Gasteiger partial charge in [-0.05, 0) is 38.3 Å². The number of benzene rings is 1. The van der Waals surface area contributed by atoms with Crippen LogP contribution in [0.4, 0.5) is 0 Å². The van der Waals surface area contributed by atoms with Crippen molar-refractivity contribution >= 4 is 5.91 Å². The topological polar surface area (TPSA) is 53.0 Å². The Balaban J connectivity index is 1.58. The van der Waals surface area contributed by atoms with Gasteiger partial charge in [0.2, 0.25) is 5.91 Å². The van der Waals surface area contributed by atoms with Crippen LogP contribution in [0.25, 0.3) is 0 Å². The lowest BCUT2D eigenvalue weighted by atomic mass is 9.78. The molecule has 138 valence electrons. The van der Waals surface area contributed by atoms with Crippen molar-refractivity contribution in [3.05, 3.63) is 35.4 Å². The molecule has 3 rings (SSSR count). The lowest BCUT2D eigenvalue weighted by molar-refractivity contribution is -0.146. The molecule has 1 aromatic carbocycles. The normalized spacial score (nSPS) is 24.4. The van der Waals surface area contributed by atoms with E-state index in [2.05, 4.69) is 41.0 Å². The number of carbonyl (C=O) groups is 1. The first-order chi connectivity index (χ1) is 12.1. The van der Waals surface area contributed by atoms with Gasteiger partial charge in [-0.2, -0.15) is 0 Å². The molecule has 5 nitrogen and oxygen atoms in total. The summed E-state index contributed by atoms with van der Waals surface area (Å²) in [5, 5.41) is 8.77. The molecule has 1 spiro atoms. The molecule has 2 aliphatic rings. The van der Waals surface area contributed by atoms with Crippen LogP contribution in [0.15, 0.2) is 24.3 Å². The second kappa shape index (κ2) is 8.30. The lowest BCUT2D eigenvalue weighted by Gasteiger charge is -2.39. The van der Waals surface area contributed by atoms with E-state index in [-0.39, 0.29) is 12.0 Å². The fourth-order valence-electron chi connectivity index (χ4n) is 4.22. The predicted octanol–water partition coefficient (Wildman–Crippen LogP) is 1.82. The van der Waals surface area contributed by atoms with Crippen LogP contribution in [0.3, 0.4) is 0 Å². The molecule has 2 aliphatic heterocycles. The standard InChI is InChI=1S/C20H30N2O3/c1-17-4-2-5-18(14-17)15-22-8-3-6-20(19(22)24)7-9-21(16-20)10-12-25-13-11-23/h2,4-5,14,23H,3,6-13,15-16H2,1H3. The van der Waals surface area contributed by atoms with E-state index in [1.54, 1.807) is 0 Å². The number of amides is 1. The van der Waals surface area contributed by atoms with E-state index in [0.29, 0.717) is 19.1 Å². The number of ether oxygens (including phenoxy) is 1. The van der Waals surface area contributed by atoms with Crippen molar-refractivity contribution in [1.82, 2.24) is 9.80 Å². The molecular formula is C20H30N2O3. The van der Waals surface area contributed by atoms with Crippen LogP contribution in [0.1, 0.15) is 30.4 Å². The monoisotopic (exact) mass is 346 g/mol. The first-order valence-corrected chi connectivity index (χ1v) is 9.39. The largest absolute Gasteiger partial charge is 0.394 e. The number of hydrogen-bond donors (Lipinski definition) is 1. The Morgan fingerprint density at radius 3 is 2.92 bits per heavy atom. The van der Waals surface area contributed by atoms with Gasteiger partial charge in [-0.1, -0.05) is 29.8 Å². The third kappa shape index (κ3) is 4.40. The molecule has 25 heavy (non-hydrogen) atoms. The maximum absolute atomic E-state index is 13.2. The van der Waals surface area contributed by atoms with Crippen molar-refractivity contribution in [3.63, 3.8) is 0 Å². The molecule has 0 bridgehead atoms. The van der Waals surface area contributed by atoms with Crippen LogP contribution < -0.4 is 0 Å². The van der Waals surface area contributed by atoms with Gasteiger partial charge >= 0.3 is 0 Å². The summed E-state index contributed by atoms with van der Waals surface area (Å²) in [5.41, 5.74) is 2.27. The van der Waals surface area contributed by atoms with E-state index in [1.807, 2.05) is 0 Å². The van der Waals surface area contributed by atoms with Gasteiger partial charge in [0.25, 0.3) is 0 Å². The Labute approximate surface area is 150 Å². The van der Waals surface area contributed by atoms with Gasteiger partial charge in [-0.25, -0.2) is 0 Å². The second-order valence-electron chi connectivity index (χ2n) is 7.46. The maximum Gasteiger partial charge on any atom is 0.230 e. The number of nitrogens with zero attached hydrogens (tertiary/aromatic N) is 2. The summed E-state index contributed by atoms with van der Waals surface area (Å²) < 4.78 is 5.37. The molecule has 2 saturated heterocycles. The van der Waals surface area contributed by atoms with E-state index < -0.39 is 0 Å². The zero-order chi connectivity index (χ0) is 17.7. The highest BCUT2D eigenvalue weighted by atomic mass is 16.5. The van der Waals surface area contributed by atoms with E-state index in [4.69, 9.17) is 9.84 Å². The van der Waals surface area contributed by atoms with Crippen LogP contribution in [-0.4, -0.2) is 66.8 Å². The molecule has 2 heterocycles. The number of carbonyl (C=O) groups excluding carboxylic acids is 1. The molecule has 1 unspecified atom stereocenters. The van der Waals surface area contributed by atoms with Crippen molar-refractivity contribution < 1.29 is 14.6 Å². The maximum atomic E-state index is 13.2. The highest BCUT2D eigenvalue weighted by molar-refractivity contribution is 5.84. The Bertz CT molecular complexity index is 592. The summed E-state index contributed by atoms with van der Waals surface area (Å²) in [6, 6.07) is 8.45. The average Bonchev–Trinajstić information content (AvgIpc) is 3.00. The molecule has 1 atom stereocenters. The van der Waals surface area contributed by atoms with Gasteiger partial charge in [-0.15, -0.1) is 0 Å². The summed E-state index contributed by atoms with van der Waals surface area (Å²) >= 11 is 0. The van der Waals surface area contributed by atoms with Crippen molar-refractivity contribution in [2.75, 3.05) is 46.0 Å². The van der Waals surface area contributed by atoms with Gasteiger partial charge < -0.3 is 14.7 Å².